The Kier molecular flexibility index (Phi) is 7.10. The summed E-state index contributed by atoms with van der Waals surface area (Å²) in [6.07, 6.45) is -0.264. The quantitative estimate of drug-likeness (QED) is 0.757. The summed E-state index contributed by atoms with van der Waals surface area (Å²) in [5, 5.41) is 2.81. The molecule has 6 heteroatoms. The number of carbonyl (C=O) groups is 1. The van der Waals surface area contributed by atoms with E-state index in [4.69, 9.17) is 18.9 Å². The molecule has 6 nitrogen and oxygen atoms in total. The van der Waals surface area contributed by atoms with Gasteiger partial charge in [-0.25, -0.2) is 0 Å². The molecule has 0 aliphatic rings. The number of hydrogen-bond acceptors (Lipinski definition) is 5. The predicted octanol–water partition coefficient (Wildman–Crippen LogP) is 2.59. The van der Waals surface area contributed by atoms with Crippen molar-refractivity contribution >= 4 is 5.91 Å². The number of amides is 1. The lowest BCUT2D eigenvalue weighted by Crippen LogP contribution is -2.33. The lowest BCUT2D eigenvalue weighted by molar-refractivity contribution is -0.123. The Bertz CT molecular complexity index is 672. The second kappa shape index (κ2) is 9.54. The molecule has 0 fully saturated rings. The van der Waals surface area contributed by atoms with Gasteiger partial charge in [-0.2, -0.15) is 0 Å². The lowest BCUT2D eigenvalue weighted by atomic mass is 10.1. The van der Waals surface area contributed by atoms with Gasteiger partial charge in [-0.1, -0.05) is 12.1 Å². The zero-order valence-corrected chi connectivity index (χ0v) is 14.7. The Hall–Kier alpha value is -2.73. The molecule has 0 aliphatic carbocycles. The fourth-order valence-electron chi connectivity index (χ4n) is 2.26. The molecule has 0 saturated carbocycles. The number of rotatable bonds is 9. The van der Waals surface area contributed by atoms with Crippen LogP contribution in [0, 0.1) is 0 Å². The van der Waals surface area contributed by atoms with Gasteiger partial charge in [0.05, 0.1) is 20.3 Å². The van der Waals surface area contributed by atoms with Crippen molar-refractivity contribution in [3.05, 3.63) is 54.1 Å². The standard InChI is InChI=1S/C19H23NO5/c1-22-15-7-9-16(10-8-15)25-13-19(21)20-12-18(24-3)14-5-4-6-17(11-14)23-2/h4-11,18H,12-13H2,1-3H3,(H,20,21). The van der Waals surface area contributed by atoms with Crippen LogP contribution in [0.15, 0.2) is 48.5 Å². The van der Waals surface area contributed by atoms with Gasteiger partial charge in [0.2, 0.25) is 0 Å². The van der Waals surface area contributed by atoms with E-state index in [1.807, 2.05) is 24.3 Å². The van der Waals surface area contributed by atoms with Crippen molar-refractivity contribution in [1.82, 2.24) is 5.32 Å². The molecule has 0 aromatic heterocycles. The van der Waals surface area contributed by atoms with Crippen molar-refractivity contribution in [3.8, 4) is 17.2 Å². The van der Waals surface area contributed by atoms with Crippen molar-refractivity contribution in [2.24, 2.45) is 0 Å². The average molecular weight is 345 g/mol. The lowest BCUT2D eigenvalue weighted by Gasteiger charge is -2.17. The highest BCUT2D eigenvalue weighted by atomic mass is 16.5. The van der Waals surface area contributed by atoms with Gasteiger partial charge in [0.15, 0.2) is 6.61 Å². The van der Waals surface area contributed by atoms with E-state index in [0.717, 1.165) is 17.1 Å². The summed E-state index contributed by atoms with van der Waals surface area (Å²) in [4.78, 5) is 12.0. The highest BCUT2D eigenvalue weighted by Gasteiger charge is 2.13. The fraction of sp³-hybridized carbons (Fsp3) is 0.316. The van der Waals surface area contributed by atoms with Crippen molar-refractivity contribution in [3.63, 3.8) is 0 Å². The maximum absolute atomic E-state index is 12.0. The van der Waals surface area contributed by atoms with Gasteiger partial charge in [-0.15, -0.1) is 0 Å². The van der Waals surface area contributed by atoms with Crippen LogP contribution in [0.25, 0.3) is 0 Å². The van der Waals surface area contributed by atoms with Gasteiger partial charge in [-0.05, 0) is 42.0 Å². The molecule has 1 unspecified atom stereocenters. The van der Waals surface area contributed by atoms with Crippen LogP contribution < -0.4 is 19.5 Å². The average Bonchev–Trinajstić information content (AvgIpc) is 2.67. The summed E-state index contributed by atoms with van der Waals surface area (Å²) in [5.41, 5.74) is 0.929. The van der Waals surface area contributed by atoms with Crippen molar-refractivity contribution in [2.75, 3.05) is 34.5 Å². The molecule has 2 aromatic carbocycles. The van der Waals surface area contributed by atoms with E-state index in [-0.39, 0.29) is 18.6 Å². The van der Waals surface area contributed by atoms with Gasteiger partial charge in [0.25, 0.3) is 5.91 Å². The van der Waals surface area contributed by atoms with Gasteiger partial charge in [0, 0.05) is 13.7 Å². The third-order valence-corrected chi connectivity index (χ3v) is 3.66. The number of nitrogens with one attached hydrogen (secondary N) is 1. The first kappa shape index (κ1) is 18.6. The Morgan fingerprint density at radius 1 is 0.960 bits per heavy atom. The largest absolute Gasteiger partial charge is 0.497 e. The molecule has 0 bridgehead atoms. The maximum Gasteiger partial charge on any atom is 0.258 e. The molecular formula is C19H23NO5. The molecule has 0 heterocycles. The second-order valence-electron chi connectivity index (χ2n) is 5.27. The van der Waals surface area contributed by atoms with Gasteiger partial charge in [0.1, 0.15) is 17.2 Å². The third kappa shape index (κ3) is 5.69. The molecule has 1 amide bonds. The van der Waals surface area contributed by atoms with Crippen LogP contribution in [0.2, 0.25) is 0 Å². The Balaban J connectivity index is 1.82. The van der Waals surface area contributed by atoms with Gasteiger partial charge >= 0.3 is 0 Å². The summed E-state index contributed by atoms with van der Waals surface area (Å²) in [7, 11) is 4.81. The normalized spacial score (nSPS) is 11.5. The molecular weight excluding hydrogens is 322 g/mol. The summed E-state index contributed by atoms with van der Waals surface area (Å²) >= 11 is 0. The van der Waals surface area contributed by atoms with Crippen molar-refractivity contribution in [1.29, 1.82) is 0 Å². The minimum Gasteiger partial charge on any atom is -0.497 e. The zero-order valence-electron chi connectivity index (χ0n) is 14.7. The number of ether oxygens (including phenoxy) is 4. The molecule has 0 aliphatic heterocycles. The Morgan fingerprint density at radius 3 is 2.28 bits per heavy atom. The highest BCUT2D eigenvalue weighted by Crippen LogP contribution is 2.21. The number of carbonyl (C=O) groups excluding carboxylic acids is 1. The molecule has 0 saturated heterocycles. The van der Waals surface area contributed by atoms with Crippen molar-refractivity contribution < 1.29 is 23.7 Å². The van der Waals surface area contributed by atoms with E-state index in [1.165, 1.54) is 0 Å². The number of benzene rings is 2. The van der Waals surface area contributed by atoms with Crippen LogP contribution in [0.5, 0.6) is 17.2 Å². The first-order valence-corrected chi connectivity index (χ1v) is 7.86. The molecule has 2 aromatic rings. The van der Waals surface area contributed by atoms with Crippen LogP contribution in [-0.2, 0) is 9.53 Å². The summed E-state index contributed by atoms with van der Waals surface area (Å²) in [6.45, 7) is 0.273. The maximum atomic E-state index is 12.0. The second-order valence-corrected chi connectivity index (χ2v) is 5.27. The fourth-order valence-corrected chi connectivity index (χ4v) is 2.26. The Labute approximate surface area is 147 Å². The van der Waals surface area contributed by atoms with Crippen LogP contribution in [-0.4, -0.2) is 40.4 Å². The molecule has 0 spiro atoms. The van der Waals surface area contributed by atoms with Crippen molar-refractivity contribution in [2.45, 2.75) is 6.10 Å². The van der Waals surface area contributed by atoms with E-state index in [9.17, 15) is 4.79 Å². The van der Waals surface area contributed by atoms with E-state index in [1.54, 1.807) is 45.6 Å². The van der Waals surface area contributed by atoms with E-state index in [0.29, 0.717) is 12.3 Å². The van der Waals surface area contributed by atoms with E-state index in [2.05, 4.69) is 5.32 Å². The summed E-state index contributed by atoms with van der Waals surface area (Å²) < 4.78 is 21.2. The zero-order chi connectivity index (χ0) is 18.1. The molecule has 1 N–H and O–H groups in total. The SMILES string of the molecule is COc1ccc(OCC(=O)NCC(OC)c2cccc(OC)c2)cc1. The van der Waals surface area contributed by atoms with Crippen LogP contribution in [0.1, 0.15) is 11.7 Å². The van der Waals surface area contributed by atoms with Gasteiger partial charge in [-0.3, -0.25) is 4.79 Å². The molecule has 0 radical (unpaired) electrons. The third-order valence-electron chi connectivity index (χ3n) is 3.66. The Morgan fingerprint density at radius 2 is 1.64 bits per heavy atom. The summed E-state index contributed by atoms with van der Waals surface area (Å²) in [6, 6.07) is 14.6. The minimum absolute atomic E-state index is 0.0686. The smallest absolute Gasteiger partial charge is 0.258 e. The molecule has 25 heavy (non-hydrogen) atoms. The highest BCUT2D eigenvalue weighted by molar-refractivity contribution is 5.77. The van der Waals surface area contributed by atoms with Crippen LogP contribution in [0.4, 0.5) is 0 Å². The van der Waals surface area contributed by atoms with E-state index >= 15 is 0 Å². The number of methoxy groups -OCH3 is 3. The van der Waals surface area contributed by atoms with Crippen LogP contribution >= 0.6 is 0 Å². The molecule has 2 rings (SSSR count). The summed E-state index contributed by atoms with van der Waals surface area (Å²) in [5.74, 6) is 1.86. The topological polar surface area (TPSA) is 66.0 Å². The first-order valence-electron chi connectivity index (χ1n) is 7.86. The molecule has 1 atom stereocenters. The number of hydrogen-bond donors (Lipinski definition) is 1. The van der Waals surface area contributed by atoms with E-state index < -0.39 is 0 Å². The minimum atomic E-state index is -0.264. The predicted molar refractivity (Wildman–Crippen MR) is 94.2 cm³/mol. The van der Waals surface area contributed by atoms with Crippen LogP contribution in [0.3, 0.4) is 0 Å². The monoisotopic (exact) mass is 345 g/mol. The first-order chi connectivity index (χ1) is 12.2. The van der Waals surface area contributed by atoms with Gasteiger partial charge < -0.3 is 24.3 Å². The molecule has 134 valence electrons.